The molecule has 0 radical (unpaired) electrons. The third-order valence-corrected chi connectivity index (χ3v) is 2.74. The van der Waals surface area contributed by atoms with Gasteiger partial charge in [-0.05, 0) is 37.3 Å². The van der Waals surface area contributed by atoms with Crippen molar-refractivity contribution in [2.75, 3.05) is 19.0 Å². The highest BCUT2D eigenvalue weighted by molar-refractivity contribution is 6.04. The molecule has 1 aromatic carbocycles. The first-order chi connectivity index (χ1) is 10.2. The number of pyridine rings is 1. The van der Waals surface area contributed by atoms with E-state index in [1.807, 2.05) is 6.92 Å². The number of hydrogen-bond donors (Lipinski definition) is 2. The first-order valence-corrected chi connectivity index (χ1v) is 6.42. The third kappa shape index (κ3) is 3.42. The predicted octanol–water partition coefficient (Wildman–Crippen LogP) is 2.45. The number of aromatic hydroxyl groups is 1. The van der Waals surface area contributed by atoms with E-state index in [0.717, 1.165) is 0 Å². The van der Waals surface area contributed by atoms with Crippen LogP contribution in [0.3, 0.4) is 0 Å². The number of hydrogen-bond acceptors (Lipinski definition) is 5. The van der Waals surface area contributed by atoms with E-state index in [0.29, 0.717) is 23.7 Å². The lowest BCUT2D eigenvalue weighted by molar-refractivity contribution is 0.102. The van der Waals surface area contributed by atoms with Crippen molar-refractivity contribution >= 4 is 11.7 Å². The topological polar surface area (TPSA) is 80.7 Å². The van der Waals surface area contributed by atoms with Crippen LogP contribution in [0.15, 0.2) is 36.5 Å². The molecule has 6 nitrogen and oxygen atoms in total. The highest BCUT2D eigenvalue weighted by Gasteiger charge is 2.13. The first kappa shape index (κ1) is 14.6. The van der Waals surface area contributed by atoms with Crippen LogP contribution in [0, 0.1) is 0 Å². The number of ether oxygens (including phenoxy) is 2. The van der Waals surface area contributed by atoms with Crippen LogP contribution < -0.4 is 14.8 Å². The number of nitrogens with zero attached hydrogens (tertiary/aromatic N) is 1. The van der Waals surface area contributed by atoms with Crippen molar-refractivity contribution < 1.29 is 19.4 Å². The Morgan fingerprint density at radius 3 is 2.81 bits per heavy atom. The fourth-order valence-corrected chi connectivity index (χ4v) is 1.76. The van der Waals surface area contributed by atoms with Gasteiger partial charge in [0.2, 0.25) is 0 Å². The monoisotopic (exact) mass is 288 g/mol. The molecule has 0 atom stereocenters. The van der Waals surface area contributed by atoms with E-state index in [2.05, 4.69) is 10.3 Å². The number of nitrogens with one attached hydrogen (secondary N) is 1. The lowest BCUT2D eigenvalue weighted by Gasteiger charge is -2.11. The van der Waals surface area contributed by atoms with Crippen molar-refractivity contribution in [3.8, 4) is 17.2 Å². The fraction of sp³-hybridized carbons (Fsp3) is 0.200. The maximum atomic E-state index is 12.1. The molecule has 0 saturated carbocycles. The van der Waals surface area contributed by atoms with Crippen LogP contribution in [-0.4, -0.2) is 29.7 Å². The molecule has 6 heteroatoms. The van der Waals surface area contributed by atoms with Crippen molar-refractivity contribution in [1.82, 2.24) is 4.98 Å². The Bertz CT molecular complexity index is 643. The average molecular weight is 288 g/mol. The van der Waals surface area contributed by atoms with Crippen LogP contribution in [0.25, 0.3) is 0 Å². The van der Waals surface area contributed by atoms with Gasteiger partial charge in [0, 0.05) is 11.8 Å². The Morgan fingerprint density at radius 1 is 1.33 bits per heavy atom. The molecule has 21 heavy (non-hydrogen) atoms. The Balaban J connectivity index is 2.21. The molecule has 0 saturated heterocycles. The second-order valence-electron chi connectivity index (χ2n) is 4.12. The quantitative estimate of drug-likeness (QED) is 0.883. The lowest BCUT2D eigenvalue weighted by atomic mass is 10.2. The normalized spacial score (nSPS) is 10.0. The van der Waals surface area contributed by atoms with Gasteiger partial charge < -0.3 is 19.9 Å². The van der Waals surface area contributed by atoms with Crippen molar-refractivity contribution in [2.45, 2.75) is 6.92 Å². The molecule has 0 bridgehead atoms. The maximum Gasteiger partial charge on any atom is 0.257 e. The standard InChI is InChI=1S/C15H16N2O4/c1-3-21-12-7-6-10(9-13(12)20-2)15(19)17-14-11(18)5-4-8-16-14/h4-9,18H,3H2,1-2H3,(H,16,17,19). The minimum absolute atomic E-state index is 0.0937. The zero-order valence-corrected chi connectivity index (χ0v) is 11.8. The molecule has 2 rings (SSSR count). The summed E-state index contributed by atoms with van der Waals surface area (Å²) in [6, 6.07) is 7.87. The third-order valence-electron chi connectivity index (χ3n) is 2.74. The van der Waals surface area contributed by atoms with Crippen molar-refractivity contribution in [3.05, 3.63) is 42.1 Å². The lowest BCUT2D eigenvalue weighted by Crippen LogP contribution is -2.13. The zero-order chi connectivity index (χ0) is 15.2. The van der Waals surface area contributed by atoms with Crippen LogP contribution >= 0.6 is 0 Å². The Hall–Kier alpha value is -2.76. The van der Waals surface area contributed by atoms with E-state index in [4.69, 9.17) is 9.47 Å². The van der Waals surface area contributed by atoms with Gasteiger partial charge in [-0.2, -0.15) is 0 Å². The smallest absolute Gasteiger partial charge is 0.257 e. The van der Waals surface area contributed by atoms with Gasteiger partial charge in [0.15, 0.2) is 23.1 Å². The van der Waals surface area contributed by atoms with E-state index >= 15 is 0 Å². The van der Waals surface area contributed by atoms with Gasteiger partial charge in [0.1, 0.15) is 0 Å². The van der Waals surface area contributed by atoms with Crippen molar-refractivity contribution in [2.24, 2.45) is 0 Å². The van der Waals surface area contributed by atoms with Crippen LogP contribution in [-0.2, 0) is 0 Å². The van der Waals surface area contributed by atoms with Crippen LogP contribution in [0.4, 0.5) is 5.82 Å². The molecule has 110 valence electrons. The number of methoxy groups -OCH3 is 1. The van der Waals surface area contributed by atoms with Crippen LogP contribution in [0.5, 0.6) is 17.2 Å². The number of carbonyl (C=O) groups excluding carboxylic acids is 1. The van der Waals surface area contributed by atoms with Gasteiger partial charge in [0.05, 0.1) is 13.7 Å². The van der Waals surface area contributed by atoms with Gasteiger partial charge in [-0.3, -0.25) is 4.79 Å². The number of amides is 1. The van der Waals surface area contributed by atoms with E-state index < -0.39 is 5.91 Å². The van der Waals surface area contributed by atoms with Crippen LogP contribution in [0.1, 0.15) is 17.3 Å². The van der Waals surface area contributed by atoms with E-state index in [1.54, 1.807) is 24.3 Å². The van der Waals surface area contributed by atoms with Crippen molar-refractivity contribution in [3.63, 3.8) is 0 Å². The summed E-state index contributed by atoms with van der Waals surface area (Å²) in [7, 11) is 1.50. The summed E-state index contributed by atoms with van der Waals surface area (Å²) < 4.78 is 10.6. The molecule has 0 fully saturated rings. The number of carbonyl (C=O) groups is 1. The molecule has 0 aliphatic carbocycles. The highest BCUT2D eigenvalue weighted by Crippen LogP contribution is 2.28. The molecule has 0 unspecified atom stereocenters. The van der Waals surface area contributed by atoms with Gasteiger partial charge >= 0.3 is 0 Å². The van der Waals surface area contributed by atoms with Crippen molar-refractivity contribution in [1.29, 1.82) is 0 Å². The molecule has 0 aliphatic heterocycles. The molecule has 1 heterocycles. The number of rotatable bonds is 5. The molecule has 0 aliphatic rings. The summed E-state index contributed by atoms with van der Waals surface area (Å²) in [4.78, 5) is 16.0. The second-order valence-corrected chi connectivity index (χ2v) is 4.12. The van der Waals surface area contributed by atoms with Gasteiger partial charge in [0.25, 0.3) is 5.91 Å². The molecule has 2 N–H and O–H groups in total. The Labute approximate surface area is 122 Å². The summed E-state index contributed by atoms with van der Waals surface area (Å²) >= 11 is 0. The van der Waals surface area contributed by atoms with E-state index in [1.165, 1.54) is 19.4 Å². The Kier molecular flexibility index (Phi) is 4.61. The summed E-state index contributed by atoms with van der Waals surface area (Å²) in [6.07, 6.45) is 1.48. The summed E-state index contributed by atoms with van der Waals surface area (Å²) in [5, 5.41) is 12.1. The number of anilines is 1. The summed E-state index contributed by atoms with van der Waals surface area (Å²) in [5.74, 6) is 0.649. The summed E-state index contributed by atoms with van der Waals surface area (Å²) in [6.45, 7) is 2.37. The molecule has 1 aromatic heterocycles. The van der Waals surface area contributed by atoms with Crippen LogP contribution in [0.2, 0.25) is 0 Å². The number of aromatic nitrogens is 1. The van der Waals surface area contributed by atoms with Gasteiger partial charge in [-0.1, -0.05) is 0 Å². The molecule has 2 aromatic rings. The molecular weight excluding hydrogens is 272 g/mol. The number of benzene rings is 1. The largest absolute Gasteiger partial charge is 0.504 e. The van der Waals surface area contributed by atoms with E-state index in [-0.39, 0.29) is 11.6 Å². The zero-order valence-electron chi connectivity index (χ0n) is 11.8. The molecular formula is C15H16N2O4. The minimum Gasteiger partial charge on any atom is -0.504 e. The molecule has 1 amide bonds. The first-order valence-electron chi connectivity index (χ1n) is 6.42. The fourth-order valence-electron chi connectivity index (χ4n) is 1.76. The SMILES string of the molecule is CCOc1ccc(C(=O)Nc2ncccc2O)cc1OC. The molecule has 0 spiro atoms. The predicted molar refractivity (Wildman–Crippen MR) is 78.0 cm³/mol. The van der Waals surface area contributed by atoms with Gasteiger partial charge in [-0.25, -0.2) is 4.98 Å². The average Bonchev–Trinajstić information content (AvgIpc) is 2.50. The highest BCUT2D eigenvalue weighted by atomic mass is 16.5. The minimum atomic E-state index is -0.398. The maximum absolute atomic E-state index is 12.1. The Morgan fingerprint density at radius 2 is 2.14 bits per heavy atom. The second kappa shape index (κ2) is 6.60. The van der Waals surface area contributed by atoms with Gasteiger partial charge in [-0.15, -0.1) is 0 Å². The summed E-state index contributed by atoms with van der Waals surface area (Å²) in [5.41, 5.74) is 0.375. The van der Waals surface area contributed by atoms with E-state index in [9.17, 15) is 9.90 Å².